The number of aromatic nitrogens is 1. The van der Waals surface area contributed by atoms with Crippen molar-refractivity contribution in [3.05, 3.63) is 18.3 Å². The first kappa shape index (κ1) is 17.8. The van der Waals surface area contributed by atoms with Crippen molar-refractivity contribution in [2.45, 2.75) is 19.0 Å². The van der Waals surface area contributed by atoms with Crippen molar-refractivity contribution in [2.24, 2.45) is 11.7 Å². The average Bonchev–Trinajstić information content (AvgIpc) is 2.53. The number of hydrogen-bond donors (Lipinski definition) is 2. The SMILES string of the molecule is NC(=O)N1CCC[C@H](C(=O)Nc2ccc(OCC(F)(F)F)nc2)C1. The molecule has 1 saturated heterocycles. The van der Waals surface area contributed by atoms with Crippen LogP contribution in [0.25, 0.3) is 0 Å². The minimum Gasteiger partial charge on any atom is -0.468 e. The fourth-order valence-corrected chi connectivity index (χ4v) is 2.33. The fourth-order valence-electron chi connectivity index (χ4n) is 2.33. The van der Waals surface area contributed by atoms with Crippen molar-refractivity contribution in [2.75, 3.05) is 25.0 Å². The Labute approximate surface area is 136 Å². The van der Waals surface area contributed by atoms with Crippen LogP contribution in [0.5, 0.6) is 5.88 Å². The van der Waals surface area contributed by atoms with Gasteiger partial charge in [-0.3, -0.25) is 4.79 Å². The maximum Gasteiger partial charge on any atom is 0.422 e. The molecule has 1 aromatic heterocycles. The molecule has 1 aliphatic rings. The molecule has 7 nitrogen and oxygen atoms in total. The number of rotatable bonds is 4. The zero-order valence-corrected chi connectivity index (χ0v) is 12.7. The summed E-state index contributed by atoms with van der Waals surface area (Å²) in [4.78, 5) is 28.4. The summed E-state index contributed by atoms with van der Waals surface area (Å²) in [6.45, 7) is -0.677. The van der Waals surface area contributed by atoms with Gasteiger partial charge in [-0.05, 0) is 18.9 Å². The highest BCUT2D eigenvalue weighted by atomic mass is 19.4. The number of amides is 3. The van der Waals surface area contributed by atoms with Crippen LogP contribution in [0.1, 0.15) is 12.8 Å². The molecule has 3 N–H and O–H groups in total. The largest absolute Gasteiger partial charge is 0.468 e. The predicted molar refractivity (Wildman–Crippen MR) is 78.3 cm³/mol. The lowest BCUT2D eigenvalue weighted by Gasteiger charge is -2.30. The van der Waals surface area contributed by atoms with Crippen LogP contribution >= 0.6 is 0 Å². The van der Waals surface area contributed by atoms with Crippen molar-refractivity contribution < 1.29 is 27.5 Å². The molecule has 0 spiro atoms. The Morgan fingerprint density at radius 3 is 2.75 bits per heavy atom. The summed E-state index contributed by atoms with van der Waals surface area (Å²) in [5.41, 5.74) is 5.54. The summed E-state index contributed by atoms with van der Waals surface area (Å²) >= 11 is 0. The Morgan fingerprint density at radius 1 is 1.42 bits per heavy atom. The first-order chi connectivity index (χ1) is 11.2. The zero-order chi connectivity index (χ0) is 17.7. The lowest BCUT2D eigenvalue weighted by molar-refractivity contribution is -0.154. The molecule has 10 heteroatoms. The fraction of sp³-hybridized carbons (Fsp3) is 0.500. The number of piperidine rings is 1. The van der Waals surface area contributed by atoms with E-state index in [0.717, 1.165) is 0 Å². The van der Waals surface area contributed by atoms with Crippen LogP contribution in [0.15, 0.2) is 18.3 Å². The van der Waals surface area contributed by atoms with E-state index in [1.165, 1.54) is 23.2 Å². The van der Waals surface area contributed by atoms with E-state index in [9.17, 15) is 22.8 Å². The Kier molecular flexibility index (Phi) is 5.47. The molecule has 2 heterocycles. The molecule has 0 bridgehead atoms. The van der Waals surface area contributed by atoms with Crippen LogP contribution in [0.4, 0.5) is 23.7 Å². The van der Waals surface area contributed by atoms with Gasteiger partial charge in [-0.15, -0.1) is 0 Å². The molecular weight excluding hydrogens is 329 g/mol. The van der Waals surface area contributed by atoms with E-state index in [2.05, 4.69) is 15.0 Å². The van der Waals surface area contributed by atoms with Crippen LogP contribution in [-0.4, -0.2) is 47.7 Å². The van der Waals surface area contributed by atoms with E-state index in [0.29, 0.717) is 25.1 Å². The molecular formula is C14H17F3N4O3. The molecule has 1 aromatic rings. The van der Waals surface area contributed by atoms with Gasteiger partial charge >= 0.3 is 12.2 Å². The van der Waals surface area contributed by atoms with Crippen LogP contribution in [-0.2, 0) is 4.79 Å². The first-order valence-electron chi connectivity index (χ1n) is 7.25. The maximum atomic E-state index is 12.2. The van der Waals surface area contributed by atoms with Gasteiger partial charge in [0, 0.05) is 19.2 Å². The van der Waals surface area contributed by atoms with Gasteiger partial charge in [0.2, 0.25) is 11.8 Å². The number of anilines is 1. The standard InChI is InChI=1S/C14H17F3N4O3/c15-14(16,17)8-24-11-4-3-10(6-19-11)20-12(22)9-2-1-5-21(7-9)13(18)23/h3-4,6,9H,1-2,5,7-8H2,(H2,18,23)(H,20,22)/t9-/m0/s1. The van der Waals surface area contributed by atoms with Crippen molar-refractivity contribution in [1.29, 1.82) is 0 Å². The second-order valence-electron chi connectivity index (χ2n) is 5.40. The smallest absolute Gasteiger partial charge is 0.422 e. The molecule has 0 aliphatic carbocycles. The van der Waals surface area contributed by atoms with Crippen LogP contribution in [0, 0.1) is 5.92 Å². The quantitative estimate of drug-likeness (QED) is 0.868. The van der Waals surface area contributed by atoms with Crippen molar-refractivity contribution in [3.8, 4) is 5.88 Å². The molecule has 0 saturated carbocycles. The minimum absolute atomic E-state index is 0.192. The van der Waals surface area contributed by atoms with Gasteiger partial charge in [-0.1, -0.05) is 0 Å². The van der Waals surface area contributed by atoms with Gasteiger partial charge < -0.3 is 20.7 Å². The highest BCUT2D eigenvalue weighted by molar-refractivity contribution is 5.93. The number of carbonyl (C=O) groups excluding carboxylic acids is 2. The molecule has 1 atom stereocenters. The normalized spacial score (nSPS) is 18.1. The van der Waals surface area contributed by atoms with Gasteiger partial charge in [-0.2, -0.15) is 13.2 Å². The summed E-state index contributed by atoms with van der Waals surface area (Å²) < 4.78 is 40.6. The highest BCUT2D eigenvalue weighted by Crippen LogP contribution is 2.20. The second-order valence-corrected chi connectivity index (χ2v) is 5.40. The lowest BCUT2D eigenvalue weighted by Crippen LogP contribution is -2.46. The number of halogens is 3. The summed E-state index contributed by atoms with van der Waals surface area (Å²) in [6.07, 6.45) is -1.94. The molecule has 2 rings (SSSR count). The molecule has 1 fully saturated rings. The third kappa shape index (κ3) is 5.28. The first-order valence-corrected chi connectivity index (χ1v) is 7.25. The molecule has 0 radical (unpaired) electrons. The molecule has 132 valence electrons. The number of urea groups is 1. The summed E-state index contributed by atoms with van der Waals surface area (Å²) in [7, 11) is 0. The van der Waals surface area contributed by atoms with E-state index in [-0.39, 0.29) is 18.3 Å². The minimum atomic E-state index is -4.44. The number of nitrogens with zero attached hydrogens (tertiary/aromatic N) is 2. The Balaban J connectivity index is 1.88. The average molecular weight is 346 g/mol. The summed E-state index contributed by atoms with van der Waals surface area (Å²) in [5, 5.41) is 2.61. The third-order valence-corrected chi connectivity index (χ3v) is 3.49. The number of ether oxygens (including phenoxy) is 1. The topological polar surface area (TPSA) is 97.6 Å². The molecule has 1 aliphatic heterocycles. The summed E-state index contributed by atoms with van der Waals surface area (Å²) in [5.74, 6) is -0.887. The van der Waals surface area contributed by atoms with Crippen molar-refractivity contribution in [3.63, 3.8) is 0 Å². The van der Waals surface area contributed by atoms with Gasteiger partial charge in [0.1, 0.15) is 0 Å². The predicted octanol–water partition coefficient (Wildman–Crippen LogP) is 1.75. The van der Waals surface area contributed by atoms with Crippen LogP contribution in [0.2, 0.25) is 0 Å². The van der Waals surface area contributed by atoms with Crippen molar-refractivity contribution >= 4 is 17.6 Å². The monoisotopic (exact) mass is 346 g/mol. The molecule has 0 unspecified atom stereocenters. The molecule has 3 amide bonds. The van der Waals surface area contributed by atoms with Gasteiger partial charge in [-0.25, -0.2) is 9.78 Å². The van der Waals surface area contributed by atoms with Crippen LogP contribution in [0.3, 0.4) is 0 Å². The number of carbonyl (C=O) groups is 2. The van der Waals surface area contributed by atoms with E-state index in [1.54, 1.807) is 0 Å². The number of nitrogens with one attached hydrogen (secondary N) is 1. The Hall–Kier alpha value is -2.52. The number of alkyl halides is 3. The number of pyridine rings is 1. The summed E-state index contributed by atoms with van der Waals surface area (Å²) in [6, 6.07) is 2.06. The van der Waals surface area contributed by atoms with E-state index >= 15 is 0 Å². The number of hydrogen-bond acceptors (Lipinski definition) is 4. The lowest BCUT2D eigenvalue weighted by atomic mass is 9.97. The molecule has 0 aromatic carbocycles. The highest BCUT2D eigenvalue weighted by Gasteiger charge is 2.29. The Morgan fingerprint density at radius 2 is 2.17 bits per heavy atom. The van der Waals surface area contributed by atoms with E-state index in [4.69, 9.17) is 5.73 Å². The second kappa shape index (κ2) is 7.37. The van der Waals surface area contributed by atoms with Gasteiger partial charge in [0.05, 0.1) is 17.8 Å². The number of likely N-dealkylation sites (tertiary alicyclic amines) is 1. The zero-order valence-electron chi connectivity index (χ0n) is 12.7. The number of nitrogens with two attached hydrogens (primary N) is 1. The maximum absolute atomic E-state index is 12.2. The van der Waals surface area contributed by atoms with Gasteiger partial charge in [0.25, 0.3) is 0 Å². The number of primary amides is 1. The molecule has 24 heavy (non-hydrogen) atoms. The van der Waals surface area contributed by atoms with Crippen molar-refractivity contribution in [1.82, 2.24) is 9.88 Å². The third-order valence-electron chi connectivity index (χ3n) is 3.49. The van der Waals surface area contributed by atoms with Gasteiger partial charge in [0.15, 0.2) is 6.61 Å². The van der Waals surface area contributed by atoms with Crippen LogP contribution < -0.4 is 15.8 Å². The van der Waals surface area contributed by atoms with E-state index in [1.807, 2.05) is 0 Å². The Bertz CT molecular complexity index is 592. The van der Waals surface area contributed by atoms with E-state index < -0.39 is 24.7 Å².